The number of benzene rings is 1. The highest BCUT2D eigenvalue weighted by molar-refractivity contribution is 7.80. The maximum Gasteiger partial charge on any atom is 0.124 e. The molecule has 0 aliphatic carbocycles. The molecule has 0 bridgehead atoms. The summed E-state index contributed by atoms with van der Waals surface area (Å²) in [5.41, 5.74) is 6.59. The van der Waals surface area contributed by atoms with Crippen LogP contribution in [0.5, 0.6) is 0 Å². The van der Waals surface area contributed by atoms with Crippen molar-refractivity contribution in [1.82, 2.24) is 0 Å². The Labute approximate surface area is 103 Å². The molecule has 2 unspecified atom stereocenters. The molecule has 0 saturated carbocycles. The van der Waals surface area contributed by atoms with Crippen molar-refractivity contribution >= 4 is 22.9 Å². The molecule has 2 atom stereocenters. The number of thiocarbonyl (C=S) groups is 1. The predicted octanol–water partition coefficient (Wildman–Crippen LogP) is 0.00170. The number of nitrogens with zero attached hydrogens (tertiary/aromatic N) is 1. The molecular formula is C11H13FN2O2S. The Balaban J connectivity index is 2.36. The molecule has 92 valence electrons. The number of β-amino-alcohol motifs (C(OH)–C–C–N with tert-alkyl or cyclic N) is 2. The van der Waals surface area contributed by atoms with Crippen LogP contribution in [0.1, 0.15) is 5.56 Å². The fourth-order valence-electron chi connectivity index (χ4n) is 1.95. The molecule has 0 radical (unpaired) electrons. The molecule has 1 fully saturated rings. The van der Waals surface area contributed by atoms with Crippen molar-refractivity contribution in [3.8, 4) is 0 Å². The van der Waals surface area contributed by atoms with Gasteiger partial charge < -0.3 is 20.8 Å². The van der Waals surface area contributed by atoms with Gasteiger partial charge in [-0.25, -0.2) is 4.39 Å². The number of hydrogen-bond acceptors (Lipinski definition) is 4. The van der Waals surface area contributed by atoms with Gasteiger partial charge in [0.05, 0.1) is 12.2 Å². The highest BCUT2D eigenvalue weighted by atomic mass is 32.1. The molecule has 1 heterocycles. The third-order valence-corrected chi connectivity index (χ3v) is 3.04. The Morgan fingerprint density at radius 3 is 2.47 bits per heavy atom. The first-order valence-corrected chi connectivity index (χ1v) is 5.60. The summed E-state index contributed by atoms with van der Waals surface area (Å²) < 4.78 is 13.1. The highest BCUT2D eigenvalue weighted by Gasteiger charge is 2.30. The number of anilines is 1. The lowest BCUT2D eigenvalue weighted by atomic mass is 10.1. The molecule has 6 heteroatoms. The number of halogens is 1. The fraction of sp³-hybridized carbons (Fsp3) is 0.364. The zero-order valence-corrected chi connectivity index (χ0v) is 9.82. The van der Waals surface area contributed by atoms with Gasteiger partial charge in [0.25, 0.3) is 0 Å². The molecule has 1 saturated heterocycles. The quantitative estimate of drug-likeness (QED) is 0.650. The van der Waals surface area contributed by atoms with Crippen LogP contribution < -0.4 is 10.6 Å². The van der Waals surface area contributed by atoms with Gasteiger partial charge in [-0.2, -0.15) is 0 Å². The standard InChI is InChI=1S/C11H13FN2O2S/c12-6-1-2-8(7(3-6)11(13)17)14-4-9(15)10(16)5-14/h1-3,9-10,15-16H,4-5H2,(H2,13,17). The maximum atomic E-state index is 13.1. The Bertz CT molecular complexity index is 445. The summed E-state index contributed by atoms with van der Waals surface area (Å²) in [6, 6.07) is 4.11. The summed E-state index contributed by atoms with van der Waals surface area (Å²) >= 11 is 4.86. The summed E-state index contributed by atoms with van der Waals surface area (Å²) in [5, 5.41) is 19.0. The molecule has 1 aliphatic heterocycles. The van der Waals surface area contributed by atoms with E-state index >= 15 is 0 Å². The average molecular weight is 256 g/mol. The topological polar surface area (TPSA) is 69.7 Å². The van der Waals surface area contributed by atoms with Crippen LogP contribution >= 0.6 is 12.2 Å². The second kappa shape index (κ2) is 4.56. The van der Waals surface area contributed by atoms with E-state index in [1.807, 2.05) is 0 Å². The smallest absolute Gasteiger partial charge is 0.124 e. The van der Waals surface area contributed by atoms with Gasteiger partial charge in [0.2, 0.25) is 0 Å². The first-order chi connectivity index (χ1) is 7.99. The van der Waals surface area contributed by atoms with E-state index in [0.717, 1.165) is 0 Å². The average Bonchev–Trinajstić information content (AvgIpc) is 2.59. The Morgan fingerprint density at radius 2 is 1.94 bits per heavy atom. The lowest BCUT2D eigenvalue weighted by Gasteiger charge is -2.20. The highest BCUT2D eigenvalue weighted by Crippen LogP contribution is 2.25. The third-order valence-electron chi connectivity index (χ3n) is 2.82. The molecule has 1 aromatic rings. The fourth-order valence-corrected chi connectivity index (χ4v) is 2.11. The lowest BCUT2D eigenvalue weighted by Crippen LogP contribution is -2.25. The van der Waals surface area contributed by atoms with Gasteiger partial charge in [0, 0.05) is 24.3 Å². The Hall–Kier alpha value is -1.24. The van der Waals surface area contributed by atoms with Crippen LogP contribution in [0.4, 0.5) is 10.1 Å². The van der Waals surface area contributed by atoms with E-state index in [0.29, 0.717) is 11.3 Å². The van der Waals surface area contributed by atoms with E-state index in [4.69, 9.17) is 18.0 Å². The molecule has 0 aromatic heterocycles. The van der Waals surface area contributed by atoms with E-state index in [9.17, 15) is 14.6 Å². The normalized spacial score (nSPS) is 24.1. The van der Waals surface area contributed by atoms with Gasteiger partial charge in [0.1, 0.15) is 10.8 Å². The van der Waals surface area contributed by atoms with Crippen LogP contribution in [-0.4, -0.2) is 40.5 Å². The van der Waals surface area contributed by atoms with Crippen LogP contribution in [0.15, 0.2) is 18.2 Å². The Kier molecular flexibility index (Phi) is 3.28. The van der Waals surface area contributed by atoms with Gasteiger partial charge in [0.15, 0.2) is 0 Å². The largest absolute Gasteiger partial charge is 0.389 e. The van der Waals surface area contributed by atoms with E-state index in [1.54, 1.807) is 11.0 Å². The van der Waals surface area contributed by atoms with Crippen LogP contribution in [0.3, 0.4) is 0 Å². The summed E-state index contributed by atoms with van der Waals surface area (Å²) in [6.45, 7) is 0.560. The molecule has 0 amide bonds. The van der Waals surface area contributed by atoms with Crippen molar-refractivity contribution in [2.75, 3.05) is 18.0 Å². The van der Waals surface area contributed by atoms with E-state index in [2.05, 4.69) is 0 Å². The van der Waals surface area contributed by atoms with Gasteiger partial charge in [-0.05, 0) is 18.2 Å². The van der Waals surface area contributed by atoms with Gasteiger partial charge in [-0.15, -0.1) is 0 Å². The van der Waals surface area contributed by atoms with Crippen molar-refractivity contribution in [3.05, 3.63) is 29.6 Å². The number of aliphatic hydroxyl groups is 2. The number of hydrogen-bond donors (Lipinski definition) is 3. The minimum atomic E-state index is -0.806. The van der Waals surface area contributed by atoms with Crippen molar-refractivity contribution < 1.29 is 14.6 Å². The molecule has 1 aliphatic rings. The summed E-state index contributed by atoms with van der Waals surface area (Å²) in [5.74, 6) is -0.420. The van der Waals surface area contributed by atoms with E-state index < -0.39 is 18.0 Å². The second-order valence-electron chi connectivity index (χ2n) is 4.07. The second-order valence-corrected chi connectivity index (χ2v) is 4.51. The molecule has 1 aromatic carbocycles. The molecule has 17 heavy (non-hydrogen) atoms. The van der Waals surface area contributed by atoms with Gasteiger partial charge in [-0.3, -0.25) is 0 Å². The van der Waals surface area contributed by atoms with Crippen LogP contribution in [0.2, 0.25) is 0 Å². The summed E-state index contributed by atoms with van der Waals surface area (Å²) in [7, 11) is 0. The minimum Gasteiger partial charge on any atom is -0.389 e. The van der Waals surface area contributed by atoms with Crippen molar-refractivity contribution in [2.24, 2.45) is 5.73 Å². The minimum absolute atomic E-state index is 0.0929. The van der Waals surface area contributed by atoms with E-state index in [-0.39, 0.29) is 18.1 Å². The summed E-state index contributed by atoms with van der Waals surface area (Å²) in [6.07, 6.45) is -1.61. The Morgan fingerprint density at radius 1 is 1.35 bits per heavy atom. The molecule has 4 N–H and O–H groups in total. The molecule has 2 rings (SSSR count). The van der Waals surface area contributed by atoms with Crippen LogP contribution in [0.25, 0.3) is 0 Å². The lowest BCUT2D eigenvalue weighted by molar-refractivity contribution is 0.0572. The van der Waals surface area contributed by atoms with Gasteiger partial charge in [-0.1, -0.05) is 12.2 Å². The monoisotopic (exact) mass is 256 g/mol. The zero-order chi connectivity index (χ0) is 12.6. The first kappa shape index (κ1) is 12.2. The summed E-state index contributed by atoms with van der Waals surface area (Å²) in [4.78, 5) is 1.83. The number of aliphatic hydroxyl groups excluding tert-OH is 2. The maximum absolute atomic E-state index is 13.1. The van der Waals surface area contributed by atoms with Gasteiger partial charge >= 0.3 is 0 Å². The number of nitrogens with two attached hydrogens (primary N) is 1. The van der Waals surface area contributed by atoms with Crippen molar-refractivity contribution in [2.45, 2.75) is 12.2 Å². The zero-order valence-electron chi connectivity index (χ0n) is 9.01. The number of rotatable bonds is 2. The SMILES string of the molecule is NC(=S)c1cc(F)ccc1N1CC(O)C(O)C1. The molecule has 4 nitrogen and oxygen atoms in total. The predicted molar refractivity (Wildman–Crippen MR) is 66.5 cm³/mol. The first-order valence-electron chi connectivity index (χ1n) is 5.19. The van der Waals surface area contributed by atoms with Crippen molar-refractivity contribution in [3.63, 3.8) is 0 Å². The van der Waals surface area contributed by atoms with Crippen molar-refractivity contribution in [1.29, 1.82) is 0 Å². The van der Waals surface area contributed by atoms with Crippen LogP contribution in [0, 0.1) is 5.82 Å². The third kappa shape index (κ3) is 2.38. The molecular weight excluding hydrogens is 243 g/mol. The van der Waals surface area contributed by atoms with E-state index in [1.165, 1.54) is 12.1 Å². The van der Waals surface area contributed by atoms with Crippen LogP contribution in [-0.2, 0) is 0 Å². The molecule has 0 spiro atoms.